The number of benzene rings is 2. The number of Topliss-reactive ketones (excluding diaryl/α,β-unsaturated/α-hetero) is 2. The number of carbonyl (C=O) groups is 2. The van der Waals surface area contributed by atoms with Crippen molar-refractivity contribution in [3.8, 4) is 11.8 Å². The average molecular weight is 358 g/mol. The SMILES string of the molecule is COc1ccc(C(=O)C(=O)c2ccc(C#N)c(Br)c2)cc1C. The molecule has 0 atom stereocenters. The highest BCUT2D eigenvalue weighted by Crippen LogP contribution is 2.21. The van der Waals surface area contributed by atoms with E-state index in [1.165, 1.54) is 18.2 Å². The summed E-state index contributed by atoms with van der Waals surface area (Å²) in [4.78, 5) is 24.6. The number of aryl methyl sites for hydroxylation is 1. The van der Waals surface area contributed by atoms with Gasteiger partial charge in [0, 0.05) is 15.6 Å². The normalized spacial score (nSPS) is 9.91. The maximum absolute atomic E-state index is 12.3. The minimum atomic E-state index is -0.616. The molecule has 0 aromatic heterocycles. The number of hydrogen-bond acceptors (Lipinski definition) is 4. The Kier molecular flexibility index (Phi) is 4.74. The molecule has 4 nitrogen and oxygen atoms in total. The zero-order chi connectivity index (χ0) is 16.3. The summed E-state index contributed by atoms with van der Waals surface area (Å²) < 4.78 is 5.62. The fourth-order valence-electron chi connectivity index (χ4n) is 2.03. The first-order valence-corrected chi connectivity index (χ1v) is 7.20. The molecule has 0 aliphatic rings. The van der Waals surface area contributed by atoms with Crippen molar-refractivity contribution < 1.29 is 14.3 Å². The zero-order valence-corrected chi connectivity index (χ0v) is 13.6. The Morgan fingerprint density at radius 2 is 1.68 bits per heavy atom. The number of methoxy groups -OCH3 is 1. The first-order valence-electron chi connectivity index (χ1n) is 6.41. The lowest BCUT2D eigenvalue weighted by Crippen LogP contribution is -2.14. The second kappa shape index (κ2) is 6.54. The molecular weight excluding hydrogens is 346 g/mol. The lowest BCUT2D eigenvalue weighted by molar-refractivity contribution is 0.0817. The van der Waals surface area contributed by atoms with Gasteiger partial charge >= 0.3 is 0 Å². The third kappa shape index (κ3) is 3.07. The monoisotopic (exact) mass is 357 g/mol. The van der Waals surface area contributed by atoms with Gasteiger partial charge in [-0.3, -0.25) is 9.59 Å². The third-order valence-electron chi connectivity index (χ3n) is 3.21. The van der Waals surface area contributed by atoms with E-state index in [-0.39, 0.29) is 5.56 Å². The summed E-state index contributed by atoms with van der Waals surface area (Å²) >= 11 is 3.21. The van der Waals surface area contributed by atoms with Gasteiger partial charge in [-0.05, 0) is 64.8 Å². The van der Waals surface area contributed by atoms with Crippen LogP contribution in [0, 0.1) is 18.3 Å². The fraction of sp³-hybridized carbons (Fsp3) is 0.118. The molecule has 0 saturated carbocycles. The smallest absolute Gasteiger partial charge is 0.233 e. The summed E-state index contributed by atoms with van der Waals surface area (Å²) in [6.07, 6.45) is 0. The third-order valence-corrected chi connectivity index (χ3v) is 3.87. The van der Waals surface area contributed by atoms with Gasteiger partial charge in [0.25, 0.3) is 0 Å². The van der Waals surface area contributed by atoms with Gasteiger partial charge in [0.05, 0.1) is 12.7 Å². The molecule has 0 spiro atoms. The van der Waals surface area contributed by atoms with Crippen molar-refractivity contribution in [2.45, 2.75) is 6.92 Å². The van der Waals surface area contributed by atoms with Gasteiger partial charge in [0.15, 0.2) is 0 Å². The zero-order valence-electron chi connectivity index (χ0n) is 12.0. The number of halogens is 1. The molecule has 0 aliphatic carbocycles. The highest BCUT2D eigenvalue weighted by Gasteiger charge is 2.20. The molecule has 5 heteroatoms. The van der Waals surface area contributed by atoms with E-state index >= 15 is 0 Å². The maximum Gasteiger partial charge on any atom is 0.233 e. The Labute approximate surface area is 136 Å². The quantitative estimate of drug-likeness (QED) is 0.617. The fourth-order valence-corrected chi connectivity index (χ4v) is 2.50. The lowest BCUT2D eigenvalue weighted by Gasteiger charge is -2.07. The van der Waals surface area contributed by atoms with Crippen molar-refractivity contribution in [2.75, 3.05) is 7.11 Å². The van der Waals surface area contributed by atoms with Gasteiger partial charge in [-0.2, -0.15) is 5.26 Å². The van der Waals surface area contributed by atoms with Crippen molar-refractivity contribution in [2.24, 2.45) is 0 Å². The first-order chi connectivity index (χ1) is 10.5. The molecule has 2 rings (SSSR count). The van der Waals surface area contributed by atoms with Crippen LogP contribution in [-0.2, 0) is 0 Å². The molecule has 0 unspecified atom stereocenters. The van der Waals surface area contributed by atoms with Crippen LogP contribution in [0.2, 0.25) is 0 Å². The van der Waals surface area contributed by atoms with E-state index in [0.717, 1.165) is 5.56 Å². The van der Waals surface area contributed by atoms with Crippen LogP contribution in [0.15, 0.2) is 40.9 Å². The predicted octanol–water partition coefficient (Wildman–Crippen LogP) is 3.70. The molecule has 0 heterocycles. The number of rotatable bonds is 4. The van der Waals surface area contributed by atoms with Gasteiger partial charge in [-0.15, -0.1) is 0 Å². The maximum atomic E-state index is 12.3. The molecule has 0 radical (unpaired) electrons. The van der Waals surface area contributed by atoms with Crippen LogP contribution < -0.4 is 4.74 Å². The lowest BCUT2D eigenvalue weighted by atomic mass is 9.99. The first kappa shape index (κ1) is 15.9. The molecule has 0 aliphatic heterocycles. The second-order valence-electron chi connectivity index (χ2n) is 4.65. The summed E-state index contributed by atoms with van der Waals surface area (Å²) in [6.45, 7) is 1.80. The van der Waals surface area contributed by atoms with E-state index < -0.39 is 11.6 Å². The van der Waals surface area contributed by atoms with E-state index in [2.05, 4.69) is 15.9 Å². The summed E-state index contributed by atoms with van der Waals surface area (Å²) in [6, 6.07) is 11.3. The molecule has 2 aromatic rings. The van der Waals surface area contributed by atoms with E-state index in [9.17, 15) is 9.59 Å². The Morgan fingerprint density at radius 3 is 2.18 bits per heavy atom. The van der Waals surface area contributed by atoms with Crippen LogP contribution in [0.5, 0.6) is 5.75 Å². The van der Waals surface area contributed by atoms with E-state index in [4.69, 9.17) is 10.00 Å². The van der Waals surface area contributed by atoms with Crippen LogP contribution in [0.1, 0.15) is 31.8 Å². The van der Waals surface area contributed by atoms with Crippen LogP contribution in [0.3, 0.4) is 0 Å². The van der Waals surface area contributed by atoms with Crippen molar-refractivity contribution in [1.29, 1.82) is 5.26 Å². The van der Waals surface area contributed by atoms with Gasteiger partial charge in [-0.1, -0.05) is 0 Å². The topological polar surface area (TPSA) is 67.2 Å². The number of ketones is 2. The molecule has 0 fully saturated rings. The Hall–Kier alpha value is -2.45. The minimum absolute atomic E-state index is 0.240. The van der Waals surface area contributed by atoms with Crippen molar-refractivity contribution in [1.82, 2.24) is 0 Å². The minimum Gasteiger partial charge on any atom is -0.496 e. The average Bonchev–Trinajstić information content (AvgIpc) is 2.53. The van der Waals surface area contributed by atoms with Crippen LogP contribution in [0.4, 0.5) is 0 Å². The van der Waals surface area contributed by atoms with Crippen LogP contribution in [-0.4, -0.2) is 18.7 Å². The summed E-state index contributed by atoms with van der Waals surface area (Å²) in [5.41, 5.74) is 1.74. The summed E-state index contributed by atoms with van der Waals surface area (Å²) in [7, 11) is 1.54. The summed E-state index contributed by atoms with van der Waals surface area (Å²) in [5.74, 6) is -0.553. The number of nitriles is 1. The van der Waals surface area contributed by atoms with Crippen molar-refractivity contribution in [3.05, 3.63) is 63.1 Å². The van der Waals surface area contributed by atoms with Crippen LogP contribution >= 0.6 is 15.9 Å². The van der Waals surface area contributed by atoms with Gasteiger partial charge in [0.1, 0.15) is 11.8 Å². The molecule has 0 saturated heterocycles. The van der Waals surface area contributed by atoms with Gasteiger partial charge in [0.2, 0.25) is 11.6 Å². The Bertz CT molecular complexity index is 806. The molecule has 0 N–H and O–H groups in total. The van der Waals surface area contributed by atoms with E-state index in [0.29, 0.717) is 21.3 Å². The largest absolute Gasteiger partial charge is 0.496 e. The molecule has 0 bridgehead atoms. The standard InChI is InChI=1S/C17H12BrNO3/c1-10-7-11(5-6-15(10)22-2)16(20)17(21)12-3-4-13(9-19)14(18)8-12/h3-8H,1-2H3. The van der Waals surface area contributed by atoms with E-state index in [1.54, 1.807) is 32.2 Å². The predicted molar refractivity (Wildman–Crippen MR) is 85.2 cm³/mol. The molecular formula is C17H12BrNO3. The molecule has 110 valence electrons. The molecule has 22 heavy (non-hydrogen) atoms. The number of carbonyl (C=O) groups excluding carboxylic acids is 2. The molecule has 0 amide bonds. The Morgan fingerprint density at radius 1 is 1.09 bits per heavy atom. The number of hydrogen-bond donors (Lipinski definition) is 0. The van der Waals surface area contributed by atoms with E-state index in [1.807, 2.05) is 6.07 Å². The summed E-state index contributed by atoms with van der Waals surface area (Å²) in [5, 5.41) is 8.87. The van der Waals surface area contributed by atoms with Gasteiger partial charge < -0.3 is 4.74 Å². The second-order valence-corrected chi connectivity index (χ2v) is 5.50. The number of nitrogens with zero attached hydrogens (tertiary/aromatic N) is 1. The van der Waals surface area contributed by atoms with Crippen LogP contribution in [0.25, 0.3) is 0 Å². The Balaban J connectivity index is 2.33. The van der Waals surface area contributed by atoms with Gasteiger partial charge in [-0.25, -0.2) is 0 Å². The number of ether oxygens (including phenoxy) is 1. The van der Waals surface area contributed by atoms with Crippen molar-refractivity contribution >= 4 is 27.5 Å². The van der Waals surface area contributed by atoms with Crippen molar-refractivity contribution in [3.63, 3.8) is 0 Å². The highest BCUT2D eigenvalue weighted by atomic mass is 79.9. The highest BCUT2D eigenvalue weighted by molar-refractivity contribution is 9.10. The molecule has 2 aromatic carbocycles.